The van der Waals surface area contributed by atoms with Crippen LogP contribution in [-0.4, -0.2) is 21.5 Å². The fraction of sp³-hybridized carbons (Fsp3) is 0.0526. The Bertz CT molecular complexity index is 1040. The van der Waals surface area contributed by atoms with Gasteiger partial charge in [0.15, 0.2) is 5.78 Å². The standard InChI is InChI=1S/C19H13ClN2OS/c20-13-9-16-15-8-12(6-7-17(15)22-19(16)21-10-13)18(23)11-24-14-4-2-1-3-5-14/h1-10H,11H2,(H,21,22). The summed E-state index contributed by atoms with van der Waals surface area (Å²) in [5, 5.41) is 2.48. The number of Topliss-reactive ketones (excluding diaryl/α,β-unsaturated/α-hetero) is 1. The zero-order valence-electron chi connectivity index (χ0n) is 12.6. The number of benzene rings is 2. The molecule has 0 bridgehead atoms. The topological polar surface area (TPSA) is 45.8 Å². The van der Waals surface area contributed by atoms with Crippen LogP contribution in [0, 0.1) is 0 Å². The number of aromatic nitrogens is 2. The largest absolute Gasteiger partial charge is 0.339 e. The fourth-order valence-electron chi connectivity index (χ4n) is 2.67. The van der Waals surface area contributed by atoms with E-state index in [0.29, 0.717) is 16.3 Å². The zero-order valence-corrected chi connectivity index (χ0v) is 14.2. The molecule has 0 aliphatic carbocycles. The van der Waals surface area contributed by atoms with Gasteiger partial charge in [0.25, 0.3) is 0 Å². The van der Waals surface area contributed by atoms with Crippen molar-refractivity contribution in [2.75, 3.05) is 5.75 Å². The van der Waals surface area contributed by atoms with Crippen LogP contribution in [0.4, 0.5) is 0 Å². The molecule has 0 unspecified atom stereocenters. The van der Waals surface area contributed by atoms with Crippen LogP contribution in [0.1, 0.15) is 10.4 Å². The van der Waals surface area contributed by atoms with Gasteiger partial charge in [0.1, 0.15) is 5.65 Å². The summed E-state index contributed by atoms with van der Waals surface area (Å²) >= 11 is 7.60. The van der Waals surface area contributed by atoms with Gasteiger partial charge in [-0.1, -0.05) is 29.8 Å². The van der Waals surface area contributed by atoms with E-state index >= 15 is 0 Å². The number of ketones is 1. The van der Waals surface area contributed by atoms with E-state index in [9.17, 15) is 4.79 Å². The summed E-state index contributed by atoms with van der Waals surface area (Å²) in [4.78, 5) is 21.1. The van der Waals surface area contributed by atoms with Gasteiger partial charge in [-0.3, -0.25) is 4.79 Å². The highest BCUT2D eigenvalue weighted by Gasteiger charge is 2.11. The molecule has 2 aromatic carbocycles. The molecule has 0 atom stereocenters. The number of rotatable bonds is 4. The van der Waals surface area contributed by atoms with Crippen molar-refractivity contribution in [2.45, 2.75) is 4.90 Å². The second-order valence-electron chi connectivity index (χ2n) is 5.46. The second kappa shape index (κ2) is 6.30. The van der Waals surface area contributed by atoms with Crippen LogP contribution >= 0.6 is 23.4 Å². The Balaban J connectivity index is 1.65. The minimum absolute atomic E-state index is 0.107. The molecule has 0 amide bonds. The van der Waals surface area contributed by atoms with Crippen LogP contribution < -0.4 is 0 Å². The first-order valence-corrected chi connectivity index (χ1v) is 8.85. The lowest BCUT2D eigenvalue weighted by molar-refractivity contribution is 0.102. The van der Waals surface area contributed by atoms with Gasteiger partial charge in [-0.05, 0) is 36.4 Å². The minimum atomic E-state index is 0.107. The number of carbonyl (C=O) groups is 1. The lowest BCUT2D eigenvalue weighted by atomic mass is 10.1. The lowest BCUT2D eigenvalue weighted by Crippen LogP contribution is -2.01. The van der Waals surface area contributed by atoms with Crippen molar-refractivity contribution in [3.05, 3.63) is 71.4 Å². The molecule has 2 aromatic heterocycles. The third-order valence-corrected chi connectivity index (χ3v) is 5.07. The van der Waals surface area contributed by atoms with Gasteiger partial charge in [-0.2, -0.15) is 0 Å². The number of nitrogens with one attached hydrogen (secondary N) is 1. The monoisotopic (exact) mass is 352 g/mol. The summed E-state index contributed by atoms with van der Waals surface area (Å²) in [6, 6.07) is 17.5. The maximum atomic E-state index is 12.5. The highest BCUT2D eigenvalue weighted by molar-refractivity contribution is 8.00. The first-order chi connectivity index (χ1) is 11.7. The molecule has 0 aliphatic rings. The third-order valence-electron chi connectivity index (χ3n) is 3.85. The summed E-state index contributed by atoms with van der Waals surface area (Å²) in [6.07, 6.45) is 1.61. The Morgan fingerprint density at radius 2 is 1.92 bits per heavy atom. The third kappa shape index (κ3) is 2.90. The van der Waals surface area contributed by atoms with E-state index in [1.165, 1.54) is 0 Å². The number of aromatic amines is 1. The van der Waals surface area contributed by atoms with Crippen molar-refractivity contribution in [3.63, 3.8) is 0 Å². The Kier molecular flexibility index (Phi) is 4.00. The SMILES string of the molecule is O=C(CSc1ccccc1)c1ccc2[nH]c3ncc(Cl)cc3c2c1. The number of carbonyl (C=O) groups excluding carboxylic acids is 1. The number of thioether (sulfide) groups is 1. The van der Waals surface area contributed by atoms with Gasteiger partial charge in [0.05, 0.1) is 10.8 Å². The predicted octanol–water partition coefficient (Wildman–Crippen LogP) is 5.34. The van der Waals surface area contributed by atoms with Gasteiger partial charge in [0.2, 0.25) is 0 Å². The predicted molar refractivity (Wildman–Crippen MR) is 100 cm³/mol. The Labute approximate surface area is 148 Å². The summed E-state index contributed by atoms with van der Waals surface area (Å²) in [5.74, 6) is 0.520. The summed E-state index contributed by atoms with van der Waals surface area (Å²) in [6.45, 7) is 0. The number of hydrogen-bond donors (Lipinski definition) is 1. The molecule has 0 saturated carbocycles. The number of halogens is 1. The Hall–Kier alpha value is -2.30. The zero-order chi connectivity index (χ0) is 16.5. The van der Waals surface area contributed by atoms with Crippen LogP contribution in [0.5, 0.6) is 0 Å². The number of hydrogen-bond acceptors (Lipinski definition) is 3. The van der Waals surface area contributed by atoms with Crippen molar-refractivity contribution in [3.8, 4) is 0 Å². The van der Waals surface area contributed by atoms with Crippen molar-refractivity contribution in [2.24, 2.45) is 0 Å². The van der Waals surface area contributed by atoms with Crippen LogP contribution in [0.15, 0.2) is 65.7 Å². The second-order valence-corrected chi connectivity index (χ2v) is 6.95. The molecule has 118 valence electrons. The van der Waals surface area contributed by atoms with Gasteiger partial charge in [0, 0.05) is 32.9 Å². The van der Waals surface area contributed by atoms with Crippen LogP contribution in [0.2, 0.25) is 5.02 Å². The first-order valence-electron chi connectivity index (χ1n) is 7.49. The summed E-state index contributed by atoms with van der Waals surface area (Å²) in [7, 11) is 0. The number of H-pyrrole nitrogens is 1. The molecule has 0 fully saturated rings. The maximum Gasteiger partial charge on any atom is 0.173 e. The van der Waals surface area contributed by atoms with E-state index in [4.69, 9.17) is 11.6 Å². The molecule has 0 aliphatic heterocycles. The smallest absolute Gasteiger partial charge is 0.173 e. The molecule has 0 radical (unpaired) electrons. The van der Waals surface area contributed by atoms with Gasteiger partial charge in [-0.25, -0.2) is 4.98 Å². The molecule has 2 heterocycles. The van der Waals surface area contributed by atoms with Gasteiger partial charge < -0.3 is 4.98 Å². The molecule has 5 heteroatoms. The van der Waals surface area contributed by atoms with E-state index in [1.807, 2.05) is 54.6 Å². The van der Waals surface area contributed by atoms with E-state index in [1.54, 1.807) is 18.0 Å². The van der Waals surface area contributed by atoms with E-state index in [2.05, 4.69) is 9.97 Å². The van der Waals surface area contributed by atoms with Crippen molar-refractivity contribution < 1.29 is 4.79 Å². The average Bonchev–Trinajstić information content (AvgIpc) is 2.97. The van der Waals surface area contributed by atoms with E-state index < -0.39 is 0 Å². The molecule has 0 spiro atoms. The molecule has 0 saturated heterocycles. The van der Waals surface area contributed by atoms with Gasteiger partial charge >= 0.3 is 0 Å². The number of fused-ring (bicyclic) bond motifs is 3. The minimum Gasteiger partial charge on any atom is -0.339 e. The van der Waals surface area contributed by atoms with Crippen molar-refractivity contribution in [1.82, 2.24) is 9.97 Å². The van der Waals surface area contributed by atoms with E-state index in [0.717, 1.165) is 26.8 Å². The van der Waals surface area contributed by atoms with Crippen molar-refractivity contribution >= 4 is 51.1 Å². The van der Waals surface area contributed by atoms with Gasteiger partial charge in [-0.15, -0.1) is 11.8 Å². The normalized spacial score (nSPS) is 11.2. The highest BCUT2D eigenvalue weighted by Crippen LogP contribution is 2.28. The first kappa shape index (κ1) is 15.2. The summed E-state index contributed by atoms with van der Waals surface area (Å²) < 4.78 is 0. The van der Waals surface area contributed by atoms with E-state index in [-0.39, 0.29) is 5.78 Å². The Morgan fingerprint density at radius 3 is 2.75 bits per heavy atom. The Morgan fingerprint density at radius 1 is 1.08 bits per heavy atom. The lowest BCUT2D eigenvalue weighted by Gasteiger charge is -2.02. The molecular formula is C19H13ClN2OS. The molecule has 3 nitrogen and oxygen atoms in total. The van der Waals surface area contributed by atoms with Crippen molar-refractivity contribution in [1.29, 1.82) is 0 Å². The molecule has 4 aromatic rings. The summed E-state index contributed by atoms with van der Waals surface area (Å²) in [5.41, 5.74) is 2.43. The number of nitrogens with zero attached hydrogens (tertiary/aromatic N) is 1. The molecule has 24 heavy (non-hydrogen) atoms. The highest BCUT2D eigenvalue weighted by atomic mass is 35.5. The van der Waals surface area contributed by atoms with Crippen LogP contribution in [-0.2, 0) is 0 Å². The number of pyridine rings is 1. The molecule has 4 rings (SSSR count). The molecule has 1 N–H and O–H groups in total. The van der Waals surface area contributed by atoms with Crippen LogP contribution in [0.25, 0.3) is 21.9 Å². The molecular weight excluding hydrogens is 340 g/mol. The van der Waals surface area contributed by atoms with Crippen LogP contribution in [0.3, 0.4) is 0 Å². The maximum absolute atomic E-state index is 12.5. The quantitative estimate of drug-likeness (QED) is 0.398. The fourth-order valence-corrected chi connectivity index (χ4v) is 3.64. The average molecular weight is 353 g/mol.